The van der Waals surface area contributed by atoms with Crippen LogP contribution in [-0.2, 0) is 9.59 Å². The number of rotatable bonds is 3. The lowest BCUT2D eigenvalue weighted by Crippen LogP contribution is -2.49. The highest BCUT2D eigenvalue weighted by molar-refractivity contribution is 5.88. The fourth-order valence-electron chi connectivity index (χ4n) is 2.96. The molecular weight excluding hydrogens is 236 g/mol. The number of carboxylic acid groups (broad SMARTS) is 1. The van der Waals surface area contributed by atoms with Gasteiger partial charge < -0.3 is 20.4 Å². The molecule has 3 N–H and O–H groups in total. The van der Waals surface area contributed by atoms with Gasteiger partial charge in [-0.25, -0.2) is 4.79 Å². The van der Waals surface area contributed by atoms with E-state index in [9.17, 15) is 14.7 Å². The Morgan fingerprint density at radius 1 is 1.50 bits per heavy atom. The molecule has 18 heavy (non-hydrogen) atoms. The first kappa shape index (κ1) is 13.3. The summed E-state index contributed by atoms with van der Waals surface area (Å²) >= 11 is 0. The van der Waals surface area contributed by atoms with Crippen molar-refractivity contribution in [2.75, 3.05) is 19.6 Å². The molecule has 2 fully saturated rings. The predicted molar refractivity (Wildman–Crippen MR) is 64.0 cm³/mol. The zero-order chi connectivity index (χ0) is 13.3. The van der Waals surface area contributed by atoms with Crippen LogP contribution < -0.4 is 5.32 Å². The summed E-state index contributed by atoms with van der Waals surface area (Å²) in [6.07, 6.45) is 0.839. The van der Waals surface area contributed by atoms with Gasteiger partial charge in [-0.2, -0.15) is 0 Å². The number of hydrogen-bond acceptors (Lipinski definition) is 4. The van der Waals surface area contributed by atoms with E-state index in [-0.39, 0.29) is 18.9 Å². The fourth-order valence-corrected chi connectivity index (χ4v) is 2.96. The maximum Gasteiger partial charge on any atom is 0.326 e. The van der Waals surface area contributed by atoms with Gasteiger partial charge in [-0.15, -0.1) is 0 Å². The van der Waals surface area contributed by atoms with Crippen molar-refractivity contribution in [2.45, 2.75) is 38.3 Å². The molecule has 0 aromatic rings. The maximum atomic E-state index is 12.6. The SMILES string of the molecule is CCC1(C(=O)N2CC(O)C[C@H]2C(=O)O)CCNC1. The van der Waals surface area contributed by atoms with Gasteiger partial charge in [0.25, 0.3) is 0 Å². The third-order valence-corrected chi connectivity index (χ3v) is 4.20. The monoisotopic (exact) mass is 256 g/mol. The molecular formula is C12H20N2O4. The highest BCUT2D eigenvalue weighted by atomic mass is 16.4. The van der Waals surface area contributed by atoms with Crippen LogP contribution in [0.1, 0.15) is 26.2 Å². The highest BCUT2D eigenvalue weighted by Gasteiger charge is 2.48. The van der Waals surface area contributed by atoms with Crippen molar-refractivity contribution in [1.82, 2.24) is 10.2 Å². The van der Waals surface area contributed by atoms with Crippen molar-refractivity contribution in [3.8, 4) is 0 Å². The fraction of sp³-hybridized carbons (Fsp3) is 0.833. The van der Waals surface area contributed by atoms with Gasteiger partial charge in [-0.3, -0.25) is 4.79 Å². The minimum atomic E-state index is -1.03. The summed E-state index contributed by atoms with van der Waals surface area (Å²) in [6.45, 7) is 3.47. The zero-order valence-corrected chi connectivity index (χ0v) is 10.6. The Hall–Kier alpha value is -1.14. The second kappa shape index (κ2) is 4.85. The lowest BCUT2D eigenvalue weighted by molar-refractivity contribution is -0.152. The number of nitrogens with zero attached hydrogens (tertiary/aromatic N) is 1. The summed E-state index contributed by atoms with van der Waals surface area (Å²) in [5.74, 6) is -1.16. The van der Waals surface area contributed by atoms with E-state index in [4.69, 9.17) is 5.11 Å². The van der Waals surface area contributed by atoms with Gasteiger partial charge in [0.15, 0.2) is 0 Å². The Labute approximate surface area is 106 Å². The number of aliphatic hydroxyl groups excluding tert-OH is 1. The second-order valence-corrected chi connectivity index (χ2v) is 5.26. The summed E-state index contributed by atoms with van der Waals surface area (Å²) in [7, 11) is 0. The molecule has 2 saturated heterocycles. The Balaban J connectivity index is 2.19. The second-order valence-electron chi connectivity index (χ2n) is 5.26. The largest absolute Gasteiger partial charge is 0.480 e. The third-order valence-electron chi connectivity index (χ3n) is 4.20. The van der Waals surface area contributed by atoms with Crippen LogP contribution in [0.15, 0.2) is 0 Å². The average Bonchev–Trinajstić information content (AvgIpc) is 2.95. The van der Waals surface area contributed by atoms with Crippen molar-refractivity contribution in [3.63, 3.8) is 0 Å². The molecule has 1 amide bonds. The van der Waals surface area contributed by atoms with Gasteiger partial charge >= 0.3 is 5.97 Å². The molecule has 0 aromatic heterocycles. The average molecular weight is 256 g/mol. The van der Waals surface area contributed by atoms with Crippen molar-refractivity contribution < 1.29 is 19.8 Å². The number of hydrogen-bond donors (Lipinski definition) is 3. The van der Waals surface area contributed by atoms with Crippen LogP contribution in [0.25, 0.3) is 0 Å². The summed E-state index contributed by atoms with van der Waals surface area (Å²) < 4.78 is 0. The standard InChI is InChI=1S/C12H20N2O4/c1-2-12(3-4-13-7-12)11(18)14-6-8(15)5-9(14)10(16)17/h8-9,13,15H,2-7H2,1H3,(H,16,17)/t8?,9-,12?/m0/s1. The normalized spacial score (nSPS) is 36.0. The molecule has 0 aromatic carbocycles. The molecule has 0 saturated carbocycles. The van der Waals surface area contributed by atoms with Crippen molar-refractivity contribution in [2.24, 2.45) is 5.41 Å². The molecule has 0 bridgehead atoms. The van der Waals surface area contributed by atoms with Crippen molar-refractivity contribution in [3.05, 3.63) is 0 Å². The molecule has 3 atom stereocenters. The molecule has 0 aliphatic carbocycles. The minimum absolute atomic E-state index is 0.126. The topological polar surface area (TPSA) is 89.9 Å². The number of β-amino-alcohol motifs (C(OH)–C–C–N with tert-alkyl or cyclic N) is 1. The quantitative estimate of drug-likeness (QED) is 0.629. The molecule has 0 radical (unpaired) electrons. The van der Waals surface area contributed by atoms with E-state index in [2.05, 4.69) is 5.32 Å². The molecule has 2 aliphatic heterocycles. The van der Waals surface area contributed by atoms with Gasteiger partial charge in [0.1, 0.15) is 6.04 Å². The van der Waals surface area contributed by atoms with Gasteiger partial charge in [0, 0.05) is 19.5 Å². The van der Waals surface area contributed by atoms with Gasteiger partial charge in [-0.05, 0) is 19.4 Å². The molecule has 0 spiro atoms. The number of carbonyl (C=O) groups is 2. The Bertz CT molecular complexity index is 352. The van der Waals surface area contributed by atoms with Crippen LogP contribution in [0.2, 0.25) is 0 Å². The summed E-state index contributed by atoms with van der Waals surface area (Å²) in [5, 5.41) is 21.9. The Kier molecular flexibility index (Phi) is 3.59. The molecule has 2 rings (SSSR count). The van der Waals surface area contributed by atoms with E-state index in [0.717, 1.165) is 13.0 Å². The first-order valence-corrected chi connectivity index (χ1v) is 6.43. The number of nitrogens with one attached hydrogen (secondary N) is 1. The third kappa shape index (κ3) is 2.10. The lowest BCUT2D eigenvalue weighted by atomic mass is 9.82. The van der Waals surface area contributed by atoms with Crippen LogP contribution in [0, 0.1) is 5.41 Å². The Morgan fingerprint density at radius 2 is 2.22 bits per heavy atom. The highest BCUT2D eigenvalue weighted by Crippen LogP contribution is 2.34. The number of carboxylic acids is 1. The molecule has 6 heteroatoms. The van der Waals surface area contributed by atoms with E-state index in [1.54, 1.807) is 0 Å². The number of aliphatic hydroxyl groups is 1. The smallest absolute Gasteiger partial charge is 0.326 e. The lowest BCUT2D eigenvalue weighted by Gasteiger charge is -2.32. The van der Waals surface area contributed by atoms with Crippen LogP contribution in [0.5, 0.6) is 0 Å². The van der Waals surface area contributed by atoms with E-state index < -0.39 is 23.5 Å². The number of amides is 1. The maximum absolute atomic E-state index is 12.6. The van der Waals surface area contributed by atoms with Crippen molar-refractivity contribution in [1.29, 1.82) is 0 Å². The van der Waals surface area contributed by atoms with Crippen LogP contribution >= 0.6 is 0 Å². The van der Waals surface area contributed by atoms with E-state index in [1.165, 1.54) is 4.90 Å². The molecule has 6 nitrogen and oxygen atoms in total. The first-order valence-electron chi connectivity index (χ1n) is 6.43. The van der Waals surface area contributed by atoms with Crippen LogP contribution in [0.4, 0.5) is 0 Å². The first-order chi connectivity index (χ1) is 8.50. The van der Waals surface area contributed by atoms with Crippen LogP contribution in [-0.4, -0.2) is 58.8 Å². The number of likely N-dealkylation sites (tertiary alicyclic amines) is 1. The van der Waals surface area contributed by atoms with E-state index in [0.29, 0.717) is 13.0 Å². The number of carbonyl (C=O) groups excluding carboxylic acids is 1. The molecule has 2 aliphatic rings. The predicted octanol–water partition coefficient (Wildman–Crippen LogP) is -0.577. The van der Waals surface area contributed by atoms with Crippen LogP contribution in [0.3, 0.4) is 0 Å². The van der Waals surface area contributed by atoms with Crippen molar-refractivity contribution >= 4 is 11.9 Å². The Morgan fingerprint density at radius 3 is 2.72 bits per heavy atom. The number of aliphatic carboxylic acids is 1. The molecule has 2 unspecified atom stereocenters. The summed E-state index contributed by atoms with van der Waals surface area (Å²) in [5.41, 5.74) is -0.488. The molecule has 102 valence electrons. The minimum Gasteiger partial charge on any atom is -0.480 e. The zero-order valence-electron chi connectivity index (χ0n) is 10.6. The van der Waals surface area contributed by atoms with E-state index >= 15 is 0 Å². The van der Waals surface area contributed by atoms with Gasteiger partial charge in [0.05, 0.1) is 11.5 Å². The van der Waals surface area contributed by atoms with E-state index in [1.807, 2.05) is 6.92 Å². The van der Waals surface area contributed by atoms with Gasteiger partial charge in [0.2, 0.25) is 5.91 Å². The summed E-state index contributed by atoms with van der Waals surface area (Å²) in [6, 6.07) is -0.878. The van der Waals surface area contributed by atoms with Gasteiger partial charge in [-0.1, -0.05) is 6.92 Å². The molecule has 2 heterocycles. The summed E-state index contributed by atoms with van der Waals surface area (Å²) in [4.78, 5) is 25.1.